The van der Waals surface area contributed by atoms with Gasteiger partial charge in [-0.15, -0.1) is 0 Å². The number of anilines is 1. The Bertz CT molecular complexity index is 924. The van der Waals surface area contributed by atoms with Crippen LogP contribution in [-0.2, 0) is 11.0 Å². The minimum atomic E-state index is -4.37. The maximum absolute atomic E-state index is 12.8. The van der Waals surface area contributed by atoms with Gasteiger partial charge in [-0.05, 0) is 41.5 Å². The number of fused-ring (bicyclic) bond motifs is 1. The van der Waals surface area contributed by atoms with Gasteiger partial charge in [0.15, 0.2) is 0 Å². The third-order valence-electron chi connectivity index (χ3n) is 3.66. The number of aromatic nitrogens is 1. The molecule has 0 aliphatic heterocycles. The van der Waals surface area contributed by atoms with Crippen LogP contribution in [0.3, 0.4) is 0 Å². The summed E-state index contributed by atoms with van der Waals surface area (Å²) in [5.41, 5.74) is 1.34. The molecule has 0 atom stereocenters. The lowest BCUT2D eigenvalue weighted by atomic mass is 9.99. The van der Waals surface area contributed by atoms with Gasteiger partial charge in [0.25, 0.3) is 0 Å². The molecule has 0 saturated heterocycles. The summed E-state index contributed by atoms with van der Waals surface area (Å²) in [5.74, 6) is 0.479. The highest BCUT2D eigenvalue weighted by Gasteiger charge is 2.30. The lowest BCUT2D eigenvalue weighted by Gasteiger charge is -2.12. The van der Waals surface area contributed by atoms with Crippen LogP contribution < -0.4 is 5.32 Å². The van der Waals surface area contributed by atoms with Crippen molar-refractivity contribution in [1.82, 2.24) is 4.98 Å². The zero-order valence-corrected chi connectivity index (χ0v) is 14.4. The molecule has 0 bridgehead atoms. The summed E-state index contributed by atoms with van der Waals surface area (Å²) >= 11 is 3.38. The van der Waals surface area contributed by atoms with Crippen LogP contribution in [0.4, 0.5) is 19.0 Å². The van der Waals surface area contributed by atoms with Gasteiger partial charge in [0, 0.05) is 9.86 Å². The molecule has 0 unspecified atom stereocenters. The Morgan fingerprint density at radius 3 is 2.44 bits per heavy atom. The summed E-state index contributed by atoms with van der Waals surface area (Å²) in [4.78, 5) is 15.0. The number of nitrogens with one attached hydrogen (secondary N) is 1. The van der Waals surface area contributed by atoms with E-state index >= 15 is 0 Å². The predicted octanol–water partition coefficient (Wildman–Crippen LogP) is 5.29. The number of hydrogen-bond donors (Lipinski definition) is 1. The largest absolute Gasteiger partial charge is 0.416 e. The van der Waals surface area contributed by atoms with Crippen molar-refractivity contribution in [3.8, 4) is 11.1 Å². The standard InChI is InChI=1S/C18H12BrF3N2O/c19-13-5-6-14-15(10-17(23-7-8-25)24-16(14)9-13)11-1-3-12(4-2-11)18(20,21)22/h1-6,8-10H,7H2,(H,23,24). The van der Waals surface area contributed by atoms with E-state index < -0.39 is 11.7 Å². The number of nitrogens with zero attached hydrogens (tertiary/aromatic N) is 1. The molecule has 0 spiro atoms. The molecule has 1 heterocycles. The van der Waals surface area contributed by atoms with Gasteiger partial charge in [0.05, 0.1) is 17.6 Å². The van der Waals surface area contributed by atoms with E-state index in [2.05, 4.69) is 26.2 Å². The molecule has 0 radical (unpaired) electrons. The van der Waals surface area contributed by atoms with Gasteiger partial charge in [0.1, 0.15) is 12.1 Å². The second-order valence-electron chi connectivity index (χ2n) is 5.34. The molecule has 3 rings (SSSR count). The molecule has 0 saturated carbocycles. The molecule has 3 nitrogen and oxygen atoms in total. The highest BCUT2D eigenvalue weighted by molar-refractivity contribution is 9.10. The highest BCUT2D eigenvalue weighted by Crippen LogP contribution is 2.34. The molecule has 1 aromatic heterocycles. The third kappa shape index (κ3) is 3.82. The molecule has 0 aliphatic rings. The van der Waals surface area contributed by atoms with Crippen LogP contribution in [0.15, 0.2) is 53.0 Å². The van der Waals surface area contributed by atoms with Crippen molar-refractivity contribution in [3.05, 3.63) is 58.6 Å². The Morgan fingerprint density at radius 2 is 1.80 bits per heavy atom. The quantitative estimate of drug-likeness (QED) is 0.596. The first kappa shape index (κ1) is 17.4. The zero-order chi connectivity index (χ0) is 18.0. The van der Waals surface area contributed by atoms with Crippen molar-refractivity contribution >= 4 is 38.9 Å². The van der Waals surface area contributed by atoms with Crippen molar-refractivity contribution < 1.29 is 18.0 Å². The van der Waals surface area contributed by atoms with Gasteiger partial charge >= 0.3 is 6.18 Å². The van der Waals surface area contributed by atoms with E-state index in [4.69, 9.17) is 0 Å². The number of pyridine rings is 1. The van der Waals surface area contributed by atoms with Crippen LogP contribution in [0.25, 0.3) is 22.0 Å². The lowest BCUT2D eigenvalue weighted by molar-refractivity contribution is -0.137. The van der Waals surface area contributed by atoms with E-state index in [1.165, 1.54) is 12.1 Å². The number of hydrogen-bond acceptors (Lipinski definition) is 3. The van der Waals surface area contributed by atoms with Gasteiger partial charge in [0.2, 0.25) is 0 Å². The molecule has 2 aromatic carbocycles. The van der Waals surface area contributed by atoms with Crippen LogP contribution in [0.5, 0.6) is 0 Å². The smallest absolute Gasteiger partial charge is 0.363 e. The molecule has 25 heavy (non-hydrogen) atoms. The molecule has 3 aromatic rings. The number of rotatable bonds is 4. The summed E-state index contributed by atoms with van der Waals surface area (Å²) in [6.07, 6.45) is -3.66. The predicted molar refractivity (Wildman–Crippen MR) is 94.4 cm³/mol. The number of carbonyl (C=O) groups is 1. The third-order valence-corrected chi connectivity index (χ3v) is 4.15. The molecule has 7 heteroatoms. The highest BCUT2D eigenvalue weighted by atomic mass is 79.9. The summed E-state index contributed by atoms with van der Waals surface area (Å²) in [7, 11) is 0. The Morgan fingerprint density at radius 1 is 1.08 bits per heavy atom. The second-order valence-corrected chi connectivity index (χ2v) is 6.25. The Hall–Kier alpha value is -2.41. The summed E-state index contributed by atoms with van der Waals surface area (Å²) < 4.78 is 39.1. The average molecular weight is 409 g/mol. The van der Waals surface area contributed by atoms with Crippen molar-refractivity contribution in [2.45, 2.75) is 6.18 Å². The fourth-order valence-electron chi connectivity index (χ4n) is 2.52. The van der Waals surface area contributed by atoms with Crippen molar-refractivity contribution in [2.24, 2.45) is 0 Å². The maximum Gasteiger partial charge on any atom is 0.416 e. The SMILES string of the molecule is O=CCNc1cc(-c2ccc(C(F)(F)F)cc2)c2ccc(Br)cc2n1. The van der Waals surface area contributed by atoms with Gasteiger partial charge in [-0.25, -0.2) is 4.98 Å². The first-order chi connectivity index (χ1) is 11.9. The number of alkyl halides is 3. The van der Waals surface area contributed by atoms with Gasteiger partial charge in [-0.3, -0.25) is 0 Å². The minimum Gasteiger partial charge on any atom is -0.363 e. The monoisotopic (exact) mass is 408 g/mol. The lowest BCUT2D eigenvalue weighted by Crippen LogP contribution is -2.05. The topological polar surface area (TPSA) is 42.0 Å². The van der Waals surface area contributed by atoms with Gasteiger partial charge < -0.3 is 10.1 Å². The van der Waals surface area contributed by atoms with Crippen molar-refractivity contribution in [1.29, 1.82) is 0 Å². The van der Waals surface area contributed by atoms with Crippen molar-refractivity contribution in [2.75, 3.05) is 11.9 Å². The van der Waals surface area contributed by atoms with Crippen LogP contribution in [0, 0.1) is 0 Å². The number of halogens is 4. The first-order valence-corrected chi connectivity index (χ1v) is 8.13. The summed E-state index contributed by atoms with van der Waals surface area (Å²) in [5, 5.41) is 3.68. The Labute approximate surface area is 150 Å². The molecule has 1 N–H and O–H groups in total. The first-order valence-electron chi connectivity index (χ1n) is 7.34. The minimum absolute atomic E-state index is 0.0962. The fourth-order valence-corrected chi connectivity index (χ4v) is 2.86. The van der Waals surface area contributed by atoms with E-state index in [0.29, 0.717) is 23.2 Å². The molecular weight excluding hydrogens is 397 g/mol. The molecule has 0 aliphatic carbocycles. The fraction of sp³-hybridized carbons (Fsp3) is 0.111. The number of benzene rings is 2. The molecule has 0 amide bonds. The normalized spacial score (nSPS) is 11.5. The second kappa shape index (κ2) is 6.84. The van der Waals surface area contributed by atoms with E-state index in [1.807, 2.05) is 18.2 Å². The van der Waals surface area contributed by atoms with Crippen LogP contribution >= 0.6 is 15.9 Å². The molecule has 128 valence electrons. The van der Waals surface area contributed by atoms with Crippen molar-refractivity contribution in [3.63, 3.8) is 0 Å². The Balaban J connectivity index is 2.14. The maximum atomic E-state index is 12.8. The molecular formula is C18H12BrF3N2O. The Kier molecular flexibility index (Phi) is 4.76. The van der Waals surface area contributed by atoms with Gasteiger partial charge in [-0.2, -0.15) is 13.2 Å². The summed E-state index contributed by atoms with van der Waals surface area (Å²) in [6.45, 7) is 0.0962. The van der Waals surface area contributed by atoms with E-state index in [0.717, 1.165) is 27.6 Å². The van der Waals surface area contributed by atoms with Crippen LogP contribution in [0.1, 0.15) is 5.56 Å². The zero-order valence-electron chi connectivity index (χ0n) is 12.8. The van der Waals surface area contributed by atoms with Crippen LogP contribution in [0.2, 0.25) is 0 Å². The van der Waals surface area contributed by atoms with E-state index in [9.17, 15) is 18.0 Å². The van der Waals surface area contributed by atoms with Crippen LogP contribution in [-0.4, -0.2) is 17.8 Å². The average Bonchev–Trinajstić information content (AvgIpc) is 2.58. The van der Waals surface area contributed by atoms with Gasteiger partial charge in [-0.1, -0.05) is 34.1 Å². The number of aldehydes is 1. The summed E-state index contributed by atoms with van der Waals surface area (Å²) in [6, 6.07) is 12.2. The molecule has 0 fully saturated rings. The van der Waals surface area contributed by atoms with E-state index in [-0.39, 0.29) is 6.54 Å². The van der Waals surface area contributed by atoms with E-state index in [1.54, 1.807) is 6.07 Å². The number of carbonyl (C=O) groups excluding carboxylic acids is 1.